The molecule has 3 N–H and O–H groups in total. The lowest BCUT2D eigenvalue weighted by atomic mass is 10.1. The number of nitrogens with one attached hydrogen (secondary N) is 3. The molecule has 0 saturated heterocycles. The molecule has 2 aromatic carbocycles. The molecule has 210 valence electrons. The zero-order valence-electron chi connectivity index (χ0n) is 22.2. The number of amides is 4. The minimum atomic E-state index is -4.53. The highest BCUT2D eigenvalue weighted by molar-refractivity contribution is 6.06. The van der Waals surface area contributed by atoms with Crippen molar-refractivity contribution >= 4 is 46.6 Å². The molecular formula is C28H25F3N8O2. The number of fused-ring (bicyclic) bond motifs is 1. The van der Waals surface area contributed by atoms with Gasteiger partial charge >= 0.3 is 18.2 Å². The van der Waals surface area contributed by atoms with Gasteiger partial charge in [-0.25, -0.2) is 14.6 Å². The smallest absolute Gasteiger partial charge is 0.323 e. The third kappa shape index (κ3) is 6.03. The Labute approximate surface area is 233 Å². The Kier molecular flexibility index (Phi) is 7.18. The number of rotatable bonds is 5. The maximum absolute atomic E-state index is 13.4. The van der Waals surface area contributed by atoms with E-state index in [1.54, 1.807) is 37.6 Å². The maximum Gasteiger partial charge on any atom is 0.416 e. The van der Waals surface area contributed by atoms with Gasteiger partial charge in [-0.05, 0) is 61.9 Å². The van der Waals surface area contributed by atoms with Crippen LogP contribution in [0.2, 0.25) is 0 Å². The molecule has 0 aliphatic carbocycles. The van der Waals surface area contributed by atoms with Crippen molar-refractivity contribution in [2.45, 2.75) is 26.6 Å². The first-order valence-corrected chi connectivity index (χ1v) is 12.4. The summed E-state index contributed by atoms with van der Waals surface area (Å²) in [6.07, 6.45) is -1.23. The fraction of sp³-hybridized carbons (Fsp3) is 0.179. The number of alkyl halides is 3. The van der Waals surface area contributed by atoms with Gasteiger partial charge in [0.1, 0.15) is 5.82 Å². The van der Waals surface area contributed by atoms with Gasteiger partial charge in [0.05, 0.1) is 29.7 Å². The molecule has 0 spiro atoms. The summed E-state index contributed by atoms with van der Waals surface area (Å²) in [5.74, 6) is 0.771. The van der Waals surface area contributed by atoms with E-state index in [1.807, 2.05) is 26.0 Å². The van der Waals surface area contributed by atoms with E-state index in [-0.39, 0.29) is 18.3 Å². The Morgan fingerprint density at radius 3 is 2.37 bits per heavy atom. The number of hydrogen-bond donors (Lipinski definition) is 3. The van der Waals surface area contributed by atoms with Crippen LogP contribution in [0, 0.1) is 13.8 Å². The zero-order valence-corrected chi connectivity index (χ0v) is 22.2. The summed E-state index contributed by atoms with van der Waals surface area (Å²) in [6.45, 7) is 3.89. The maximum atomic E-state index is 13.4. The molecule has 5 rings (SSSR count). The quantitative estimate of drug-likeness (QED) is 0.257. The summed E-state index contributed by atoms with van der Waals surface area (Å²) in [7, 11) is 1.61. The molecule has 0 fully saturated rings. The molecule has 0 saturated carbocycles. The summed E-state index contributed by atoms with van der Waals surface area (Å²) in [6, 6.07) is 12.0. The van der Waals surface area contributed by atoms with Crippen LogP contribution in [0.3, 0.4) is 0 Å². The lowest BCUT2D eigenvalue weighted by Gasteiger charge is -2.35. The number of anilines is 6. The summed E-state index contributed by atoms with van der Waals surface area (Å²) in [5.41, 5.74) is 3.06. The molecular weight excluding hydrogens is 537 g/mol. The second kappa shape index (κ2) is 10.8. The Morgan fingerprint density at radius 2 is 1.66 bits per heavy atom. The van der Waals surface area contributed by atoms with Crippen molar-refractivity contribution in [3.05, 3.63) is 89.4 Å². The van der Waals surface area contributed by atoms with E-state index in [0.717, 1.165) is 23.4 Å². The van der Waals surface area contributed by atoms with Gasteiger partial charge in [0.2, 0.25) is 5.95 Å². The molecule has 1 aliphatic heterocycles. The lowest BCUT2D eigenvalue weighted by molar-refractivity contribution is -0.137. The van der Waals surface area contributed by atoms with Gasteiger partial charge in [0, 0.05) is 35.9 Å². The van der Waals surface area contributed by atoms with Crippen molar-refractivity contribution in [3.63, 3.8) is 0 Å². The van der Waals surface area contributed by atoms with E-state index in [0.29, 0.717) is 34.4 Å². The predicted molar refractivity (Wildman–Crippen MR) is 150 cm³/mol. The van der Waals surface area contributed by atoms with Crippen LogP contribution in [0.5, 0.6) is 0 Å². The standard InChI is InChI=1S/C28H25F3N8O2/c1-16-7-9-21(36-26(40)35-20-6-4-5-19(11-20)28(29,30)31)12-23(16)39-15-18-13-33-25(37-24(18)38(3)27(39)41)34-22-10-8-17(2)32-14-22/h4-14H,15H2,1-3H3,(H,33,34,37)(H2,35,36,40). The molecule has 13 heteroatoms. The summed E-state index contributed by atoms with van der Waals surface area (Å²) < 4.78 is 39.0. The number of hydrogen-bond acceptors (Lipinski definition) is 6. The third-order valence-electron chi connectivity index (χ3n) is 6.38. The molecule has 2 aromatic heterocycles. The molecule has 4 amide bonds. The van der Waals surface area contributed by atoms with Crippen LogP contribution in [0.1, 0.15) is 22.4 Å². The summed E-state index contributed by atoms with van der Waals surface area (Å²) in [4.78, 5) is 42.1. The lowest BCUT2D eigenvalue weighted by Crippen LogP contribution is -2.46. The van der Waals surface area contributed by atoms with E-state index in [9.17, 15) is 22.8 Å². The summed E-state index contributed by atoms with van der Waals surface area (Å²) >= 11 is 0. The molecule has 0 atom stereocenters. The van der Waals surface area contributed by atoms with Gasteiger partial charge in [-0.1, -0.05) is 12.1 Å². The monoisotopic (exact) mass is 562 g/mol. The van der Waals surface area contributed by atoms with E-state index in [4.69, 9.17) is 0 Å². The Balaban J connectivity index is 1.33. The van der Waals surface area contributed by atoms with E-state index < -0.39 is 17.8 Å². The van der Waals surface area contributed by atoms with Gasteiger partial charge in [-0.2, -0.15) is 18.2 Å². The molecule has 4 aromatic rings. The number of urea groups is 2. The van der Waals surface area contributed by atoms with Crippen LogP contribution in [-0.4, -0.2) is 34.1 Å². The fourth-order valence-corrected chi connectivity index (χ4v) is 4.27. The minimum absolute atomic E-state index is 0.0124. The zero-order chi connectivity index (χ0) is 29.3. The number of carbonyl (C=O) groups excluding carboxylic acids is 2. The molecule has 0 bridgehead atoms. The van der Waals surface area contributed by atoms with Crippen LogP contribution in [-0.2, 0) is 12.7 Å². The Bertz CT molecular complexity index is 1630. The number of aromatic nitrogens is 3. The molecule has 3 heterocycles. The van der Waals surface area contributed by atoms with Crippen LogP contribution < -0.4 is 25.8 Å². The highest BCUT2D eigenvalue weighted by Crippen LogP contribution is 2.34. The van der Waals surface area contributed by atoms with Crippen LogP contribution >= 0.6 is 0 Å². The first-order chi connectivity index (χ1) is 19.5. The van der Waals surface area contributed by atoms with Crippen molar-refractivity contribution in [1.29, 1.82) is 0 Å². The molecule has 0 unspecified atom stereocenters. The van der Waals surface area contributed by atoms with E-state index in [2.05, 4.69) is 30.9 Å². The average Bonchev–Trinajstić information content (AvgIpc) is 2.93. The van der Waals surface area contributed by atoms with Crippen LogP contribution in [0.4, 0.5) is 57.3 Å². The van der Waals surface area contributed by atoms with E-state index in [1.165, 1.54) is 21.9 Å². The molecule has 41 heavy (non-hydrogen) atoms. The van der Waals surface area contributed by atoms with Gasteiger partial charge in [-0.3, -0.25) is 14.8 Å². The number of carbonyl (C=O) groups is 2. The minimum Gasteiger partial charge on any atom is -0.323 e. The second-order valence-corrected chi connectivity index (χ2v) is 9.44. The topological polar surface area (TPSA) is 115 Å². The normalized spacial score (nSPS) is 13.1. The fourth-order valence-electron chi connectivity index (χ4n) is 4.27. The number of halogens is 3. The second-order valence-electron chi connectivity index (χ2n) is 9.44. The first kappa shape index (κ1) is 27.4. The van der Waals surface area contributed by atoms with Gasteiger partial charge < -0.3 is 16.0 Å². The first-order valence-electron chi connectivity index (χ1n) is 12.4. The van der Waals surface area contributed by atoms with Crippen molar-refractivity contribution in [2.24, 2.45) is 0 Å². The van der Waals surface area contributed by atoms with Crippen molar-refractivity contribution < 1.29 is 22.8 Å². The van der Waals surface area contributed by atoms with Crippen molar-refractivity contribution in [2.75, 3.05) is 32.8 Å². The Hall–Kier alpha value is -5.20. The van der Waals surface area contributed by atoms with Gasteiger partial charge in [-0.15, -0.1) is 0 Å². The molecule has 10 nitrogen and oxygen atoms in total. The van der Waals surface area contributed by atoms with Crippen molar-refractivity contribution in [1.82, 2.24) is 15.0 Å². The number of aryl methyl sites for hydroxylation is 2. The van der Waals surface area contributed by atoms with Crippen LogP contribution in [0.25, 0.3) is 0 Å². The highest BCUT2D eigenvalue weighted by Gasteiger charge is 2.32. The van der Waals surface area contributed by atoms with Crippen molar-refractivity contribution in [3.8, 4) is 0 Å². The SMILES string of the molecule is Cc1ccc(Nc2ncc3c(n2)N(C)C(=O)N(c2cc(NC(=O)Nc4cccc(C(F)(F)F)c4)ccc2C)C3)cn1. The largest absolute Gasteiger partial charge is 0.416 e. The Morgan fingerprint density at radius 1 is 0.927 bits per heavy atom. The number of pyridine rings is 1. The number of benzene rings is 2. The third-order valence-corrected chi connectivity index (χ3v) is 6.38. The van der Waals surface area contributed by atoms with E-state index >= 15 is 0 Å². The number of nitrogens with zero attached hydrogens (tertiary/aromatic N) is 5. The predicted octanol–water partition coefficient (Wildman–Crippen LogP) is 6.47. The van der Waals surface area contributed by atoms with Gasteiger partial charge in [0.25, 0.3) is 0 Å². The highest BCUT2D eigenvalue weighted by atomic mass is 19.4. The molecule has 1 aliphatic rings. The van der Waals surface area contributed by atoms with Gasteiger partial charge in [0.15, 0.2) is 0 Å². The molecule has 0 radical (unpaired) electrons. The summed E-state index contributed by atoms with van der Waals surface area (Å²) in [5, 5.41) is 8.10. The van der Waals surface area contributed by atoms with Crippen LogP contribution in [0.15, 0.2) is 67.0 Å². The average molecular weight is 563 g/mol.